The summed E-state index contributed by atoms with van der Waals surface area (Å²) in [6, 6.07) is 6.55. The second kappa shape index (κ2) is 10.2. The van der Waals surface area contributed by atoms with Crippen molar-refractivity contribution >= 4 is 29.1 Å². The minimum absolute atomic E-state index is 0.416. The van der Waals surface area contributed by atoms with Gasteiger partial charge in [0, 0.05) is 30.5 Å². The molecule has 6 heteroatoms. The number of nitrogens with one attached hydrogen (secondary N) is 2. The first-order valence-corrected chi connectivity index (χ1v) is 7.43. The van der Waals surface area contributed by atoms with E-state index in [1.807, 2.05) is 0 Å². The van der Waals surface area contributed by atoms with E-state index in [2.05, 4.69) is 17.6 Å². The average molecular weight is 313 g/mol. The minimum Gasteiger partial charge on any atom is -0.381 e. The molecular weight excluding hydrogens is 292 g/mol. The molecular formula is C15H21ClN2O3. The molecule has 1 rings (SSSR count). The van der Waals surface area contributed by atoms with Crippen LogP contribution in [0.4, 0.5) is 5.69 Å². The average Bonchev–Trinajstić information content (AvgIpc) is 2.48. The van der Waals surface area contributed by atoms with Gasteiger partial charge in [-0.05, 0) is 37.1 Å². The summed E-state index contributed by atoms with van der Waals surface area (Å²) in [5.74, 6) is -1.34. The number of carbonyl (C=O) groups excluding carboxylic acids is 2. The Bertz CT molecular complexity index is 449. The predicted octanol–water partition coefficient (Wildman–Crippen LogP) is 2.60. The Morgan fingerprint density at radius 1 is 1.10 bits per heavy atom. The van der Waals surface area contributed by atoms with Crippen LogP contribution in [0, 0.1) is 0 Å². The van der Waals surface area contributed by atoms with Gasteiger partial charge in [0.15, 0.2) is 0 Å². The van der Waals surface area contributed by atoms with E-state index in [9.17, 15) is 9.59 Å². The second-order valence-corrected chi connectivity index (χ2v) is 4.97. The molecule has 2 N–H and O–H groups in total. The van der Waals surface area contributed by atoms with Gasteiger partial charge in [-0.25, -0.2) is 0 Å². The van der Waals surface area contributed by atoms with Crippen molar-refractivity contribution < 1.29 is 14.3 Å². The Morgan fingerprint density at radius 3 is 2.43 bits per heavy atom. The van der Waals surface area contributed by atoms with Gasteiger partial charge in [0.05, 0.1) is 0 Å². The Morgan fingerprint density at radius 2 is 1.76 bits per heavy atom. The van der Waals surface area contributed by atoms with Gasteiger partial charge >= 0.3 is 11.8 Å². The fourth-order valence-electron chi connectivity index (χ4n) is 1.53. The van der Waals surface area contributed by atoms with E-state index in [1.165, 1.54) is 0 Å². The van der Waals surface area contributed by atoms with Crippen molar-refractivity contribution in [2.75, 3.05) is 25.1 Å². The molecule has 1 aromatic carbocycles. The van der Waals surface area contributed by atoms with Crippen molar-refractivity contribution in [3.63, 3.8) is 0 Å². The fraction of sp³-hybridized carbons (Fsp3) is 0.467. The van der Waals surface area contributed by atoms with E-state index < -0.39 is 11.8 Å². The number of hydrogen-bond donors (Lipinski definition) is 2. The molecule has 2 amide bonds. The lowest BCUT2D eigenvalue weighted by Crippen LogP contribution is -2.36. The summed E-state index contributed by atoms with van der Waals surface area (Å²) in [6.07, 6.45) is 2.82. The van der Waals surface area contributed by atoms with Crippen molar-refractivity contribution in [2.45, 2.75) is 26.2 Å². The van der Waals surface area contributed by atoms with Crippen molar-refractivity contribution in [1.82, 2.24) is 5.32 Å². The lowest BCUT2D eigenvalue weighted by atomic mass is 10.3. The van der Waals surface area contributed by atoms with Gasteiger partial charge in [-0.15, -0.1) is 0 Å². The second-order valence-electron chi connectivity index (χ2n) is 4.54. The maximum absolute atomic E-state index is 11.6. The molecule has 0 unspecified atom stereocenters. The first-order chi connectivity index (χ1) is 10.1. The number of benzene rings is 1. The van der Waals surface area contributed by atoms with Crippen LogP contribution in [-0.2, 0) is 14.3 Å². The number of ether oxygens (including phenoxy) is 1. The number of halogens is 1. The summed E-state index contributed by atoms with van der Waals surface area (Å²) in [5.41, 5.74) is 0.530. The molecule has 0 aliphatic rings. The van der Waals surface area contributed by atoms with Gasteiger partial charge in [0.2, 0.25) is 0 Å². The number of amides is 2. The van der Waals surface area contributed by atoms with Crippen LogP contribution in [0.3, 0.4) is 0 Å². The molecule has 0 saturated heterocycles. The van der Waals surface area contributed by atoms with Gasteiger partial charge in [0.1, 0.15) is 0 Å². The first-order valence-electron chi connectivity index (χ1n) is 7.06. The number of rotatable bonds is 8. The maximum atomic E-state index is 11.6. The Balaban J connectivity index is 2.16. The van der Waals surface area contributed by atoms with Crippen LogP contribution in [0.25, 0.3) is 0 Å². The maximum Gasteiger partial charge on any atom is 0.313 e. The van der Waals surface area contributed by atoms with Crippen LogP contribution in [0.15, 0.2) is 24.3 Å². The highest BCUT2D eigenvalue weighted by Crippen LogP contribution is 2.13. The highest BCUT2D eigenvalue weighted by Gasteiger charge is 2.12. The highest BCUT2D eigenvalue weighted by molar-refractivity contribution is 6.39. The number of anilines is 1. The summed E-state index contributed by atoms with van der Waals surface area (Å²) < 4.78 is 5.36. The van der Waals surface area contributed by atoms with Crippen molar-refractivity contribution in [3.8, 4) is 0 Å². The van der Waals surface area contributed by atoms with Crippen LogP contribution < -0.4 is 10.6 Å². The molecule has 0 atom stereocenters. The van der Waals surface area contributed by atoms with Gasteiger partial charge in [-0.2, -0.15) is 0 Å². The van der Waals surface area contributed by atoms with Crippen LogP contribution in [0.1, 0.15) is 26.2 Å². The van der Waals surface area contributed by atoms with Crippen molar-refractivity contribution in [1.29, 1.82) is 0 Å². The zero-order chi connectivity index (χ0) is 15.5. The standard InChI is InChI=1S/C15H21ClN2O3/c1-2-3-10-21-11-4-9-17-14(19)15(20)18-13-7-5-12(16)6-8-13/h5-8H,2-4,9-11H2,1H3,(H,17,19)(H,18,20). The minimum atomic E-state index is -0.691. The van der Waals surface area contributed by atoms with E-state index in [-0.39, 0.29) is 0 Å². The molecule has 116 valence electrons. The zero-order valence-electron chi connectivity index (χ0n) is 12.2. The molecule has 0 fully saturated rings. The quantitative estimate of drug-likeness (QED) is 0.573. The largest absolute Gasteiger partial charge is 0.381 e. The van der Waals surface area contributed by atoms with E-state index in [0.29, 0.717) is 30.3 Å². The topological polar surface area (TPSA) is 67.4 Å². The Kier molecular flexibility index (Phi) is 8.47. The van der Waals surface area contributed by atoms with Crippen LogP contribution in [-0.4, -0.2) is 31.6 Å². The summed E-state index contributed by atoms with van der Waals surface area (Å²) in [6.45, 7) is 3.84. The number of unbranched alkanes of at least 4 members (excludes halogenated alkanes) is 1. The molecule has 0 bridgehead atoms. The molecule has 1 aromatic rings. The SMILES string of the molecule is CCCCOCCCNC(=O)C(=O)Nc1ccc(Cl)cc1. The van der Waals surface area contributed by atoms with E-state index in [0.717, 1.165) is 19.4 Å². The molecule has 0 spiro atoms. The number of carbonyl (C=O) groups is 2. The lowest BCUT2D eigenvalue weighted by molar-refractivity contribution is -0.136. The summed E-state index contributed by atoms with van der Waals surface area (Å²) in [7, 11) is 0. The van der Waals surface area contributed by atoms with Gasteiger partial charge in [-0.3, -0.25) is 9.59 Å². The smallest absolute Gasteiger partial charge is 0.313 e. The fourth-order valence-corrected chi connectivity index (χ4v) is 1.65. The van der Waals surface area contributed by atoms with Crippen LogP contribution in [0.5, 0.6) is 0 Å². The third-order valence-corrected chi connectivity index (χ3v) is 2.95. The highest BCUT2D eigenvalue weighted by atomic mass is 35.5. The Hall–Kier alpha value is -1.59. The normalized spacial score (nSPS) is 10.2. The molecule has 0 aromatic heterocycles. The third-order valence-electron chi connectivity index (χ3n) is 2.70. The van der Waals surface area contributed by atoms with E-state index >= 15 is 0 Å². The van der Waals surface area contributed by atoms with Crippen molar-refractivity contribution in [3.05, 3.63) is 29.3 Å². The molecule has 5 nitrogen and oxygen atoms in total. The van der Waals surface area contributed by atoms with Gasteiger partial charge in [-0.1, -0.05) is 24.9 Å². The third kappa shape index (κ3) is 7.68. The molecule has 0 radical (unpaired) electrons. The summed E-state index contributed by atoms with van der Waals surface area (Å²) in [4.78, 5) is 23.2. The molecule has 0 saturated carbocycles. The first kappa shape index (κ1) is 17.5. The van der Waals surface area contributed by atoms with E-state index in [4.69, 9.17) is 16.3 Å². The monoisotopic (exact) mass is 312 g/mol. The molecule has 0 heterocycles. The lowest BCUT2D eigenvalue weighted by Gasteiger charge is -2.07. The van der Waals surface area contributed by atoms with E-state index in [1.54, 1.807) is 24.3 Å². The summed E-state index contributed by atoms with van der Waals surface area (Å²) in [5, 5.41) is 5.61. The van der Waals surface area contributed by atoms with Crippen molar-refractivity contribution in [2.24, 2.45) is 0 Å². The van der Waals surface area contributed by atoms with Gasteiger partial charge < -0.3 is 15.4 Å². The Labute approximate surface area is 130 Å². The zero-order valence-corrected chi connectivity index (χ0v) is 12.9. The van der Waals surface area contributed by atoms with Gasteiger partial charge in [0.25, 0.3) is 0 Å². The summed E-state index contributed by atoms with van der Waals surface area (Å²) >= 11 is 5.74. The van der Waals surface area contributed by atoms with Crippen LogP contribution >= 0.6 is 11.6 Å². The molecule has 21 heavy (non-hydrogen) atoms. The predicted molar refractivity (Wildman–Crippen MR) is 83.4 cm³/mol. The van der Waals surface area contributed by atoms with Crippen LogP contribution in [0.2, 0.25) is 5.02 Å². The molecule has 0 aliphatic heterocycles. The number of hydrogen-bond acceptors (Lipinski definition) is 3. The molecule has 0 aliphatic carbocycles.